The summed E-state index contributed by atoms with van der Waals surface area (Å²) < 4.78 is 11.5. The molecule has 0 saturated heterocycles. The van der Waals surface area contributed by atoms with Crippen molar-refractivity contribution in [2.45, 2.75) is 13.5 Å². The highest BCUT2D eigenvalue weighted by molar-refractivity contribution is 6.32. The van der Waals surface area contributed by atoms with Gasteiger partial charge in [0.25, 0.3) is 11.6 Å². The minimum atomic E-state index is -0.539. The monoisotopic (exact) mass is 487 g/mol. The van der Waals surface area contributed by atoms with Crippen LogP contribution in [-0.4, -0.2) is 23.7 Å². The number of ether oxygens (including phenoxy) is 2. The van der Waals surface area contributed by atoms with Crippen molar-refractivity contribution in [2.75, 3.05) is 6.61 Å². The van der Waals surface area contributed by atoms with Crippen molar-refractivity contribution in [3.8, 4) is 11.5 Å². The van der Waals surface area contributed by atoms with E-state index >= 15 is 0 Å². The summed E-state index contributed by atoms with van der Waals surface area (Å²) in [6, 6.07) is 15.8. The molecule has 0 saturated carbocycles. The minimum Gasteiger partial charge on any atom is -0.490 e. The maximum absolute atomic E-state index is 12.2. The Bertz CT molecular complexity index is 1170. The van der Waals surface area contributed by atoms with Gasteiger partial charge in [-0.3, -0.25) is 14.9 Å². The van der Waals surface area contributed by atoms with E-state index in [0.717, 1.165) is 5.56 Å². The van der Waals surface area contributed by atoms with Crippen molar-refractivity contribution >= 4 is 41.0 Å². The molecule has 1 amide bonds. The summed E-state index contributed by atoms with van der Waals surface area (Å²) in [4.78, 5) is 22.3. The first kappa shape index (κ1) is 24.0. The van der Waals surface area contributed by atoms with Crippen LogP contribution in [0.2, 0.25) is 10.0 Å². The van der Waals surface area contributed by atoms with Gasteiger partial charge in [0.15, 0.2) is 11.5 Å². The summed E-state index contributed by atoms with van der Waals surface area (Å²) >= 11 is 12.3. The standard InChI is InChI=1S/C23H19Cl2N3O5/c1-2-32-21-12-16(11-20(25)22(21)33-14-15-3-7-18(24)8-4-15)13-26-27-23(29)17-5-9-19(10-6-17)28(30)31/h3-13H,2,14H2,1H3,(H,27,29). The zero-order chi connectivity index (χ0) is 23.8. The predicted octanol–water partition coefficient (Wildman–Crippen LogP) is 5.64. The number of carbonyl (C=O) groups excluding carboxylic acids is 1. The fourth-order valence-corrected chi connectivity index (χ4v) is 3.17. The fraction of sp³-hybridized carbons (Fsp3) is 0.130. The third-order valence-corrected chi connectivity index (χ3v) is 4.88. The van der Waals surface area contributed by atoms with E-state index in [9.17, 15) is 14.9 Å². The number of carbonyl (C=O) groups is 1. The smallest absolute Gasteiger partial charge is 0.271 e. The predicted molar refractivity (Wildman–Crippen MR) is 127 cm³/mol. The van der Waals surface area contributed by atoms with Crippen LogP contribution in [0.25, 0.3) is 0 Å². The van der Waals surface area contributed by atoms with Crippen molar-refractivity contribution < 1.29 is 19.2 Å². The van der Waals surface area contributed by atoms with Crippen LogP contribution in [0.5, 0.6) is 11.5 Å². The van der Waals surface area contributed by atoms with E-state index in [-0.39, 0.29) is 17.9 Å². The molecule has 0 radical (unpaired) electrons. The first-order chi connectivity index (χ1) is 15.9. The summed E-state index contributed by atoms with van der Waals surface area (Å²) in [5, 5.41) is 15.6. The first-order valence-corrected chi connectivity index (χ1v) is 10.5. The maximum atomic E-state index is 12.2. The molecule has 33 heavy (non-hydrogen) atoms. The van der Waals surface area contributed by atoms with E-state index in [2.05, 4.69) is 10.5 Å². The number of nitro benzene ring substituents is 1. The van der Waals surface area contributed by atoms with E-state index in [4.69, 9.17) is 32.7 Å². The first-order valence-electron chi connectivity index (χ1n) is 9.79. The van der Waals surface area contributed by atoms with Gasteiger partial charge in [-0.2, -0.15) is 5.10 Å². The average Bonchev–Trinajstić information content (AvgIpc) is 2.80. The van der Waals surface area contributed by atoms with Gasteiger partial charge in [0.05, 0.1) is 22.8 Å². The van der Waals surface area contributed by atoms with Crippen LogP contribution >= 0.6 is 23.2 Å². The number of halogens is 2. The molecule has 0 aliphatic rings. The molecule has 1 N–H and O–H groups in total. The summed E-state index contributed by atoms with van der Waals surface area (Å²) in [6.45, 7) is 2.50. The number of nitrogens with one attached hydrogen (secondary N) is 1. The summed E-state index contributed by atoms with van der Waals surface area (Å²) in [5.74, 6) is 0.308. The lowest BCUT2D eigenvalue weighted by Gasteiger charge is -2.14. The Hall–Kier alpha value is -3.62. The molecule has 3 aromatic rings. The van der Waals surface area contributed by atoms with E-state index in [1.54, 1.807) is 24.3 Å². The lowest BCUT2D eigenvalue weighted by Crippen LogP contribution is -2.17. The molecule has 0 fully saturated rings. The second kappa shape index (κ2) is 11.3. The topological polar surface area (TPSA) is 103 Å². The Morgan fingerprint density at radius 1 is 1.09 bits per heavy atom. The quantitative estimate of drug-likeness (QED) is 0.239. The number of nitrogens with zero attached hydrogens (tertiary/aromatic N) is 2. The Labute approximate surface area is 199 Å². The molecule has 0 unspecified atom stereocenters. The third kappa shape index (κ3) is 6.68. The van der Waals surface area contributed by atoms with Crippen LogP contribution in [0, 0.1) is 10.1 Å². The van der Waals surface area contributed by atoms with E-state index < -0.39 is 10.8 Å². The second-order valence-corrected chi connectivity index (χ2v) is 7.52. The molecule has 3 rings (SSSR count). The Morgan fingerprint density at radius 2 is 1.79 bits per heavy atom. The molecule has 0 aliphatic heterocycles. The maximum Gasteiger partial charge on any atom is 0.271 e. The van der Waals surface area contributed by atoms with Crippen LogP contribution in [0.3, 0.4) is 0 Å². The molecule has 0 bridgehead atoms. The highest BCUT2D eigenvalue weighted by Gasteiger charge is 2.13. The molecule has 0 heterocycles. The molecule has 0 atom stereocenters. The lowest BCUT2D eigenvalue weighted by molar-refractivity contribution is -0.384. The molecular formula is C23H19Cl2N3O5. The van der Waals surface area contributed by atoms with Gasteiger partial charge in [-0.15, -0.1) is 0 Å². The van der Waals surface area contributed by atoms with E-state index in [0.29, 0.717) is 33.7 Å². The van der Waals surface area contributed by atoms with Crippen molar-refractivity contribution in [1.82, 2.24) is 5.43 Å². The summed E-state index contributed by atoms with van der Waals surface area (Å²) in [5.41, 5.74) is 3.99. The Morgan fingerprint density at radius 3 is 2.42 bits per heavy atom. The number of hydrazone groups is 1. The zero-order valence-corrected chi connectivity index (χ0v) is 19.0. The zero-order valence-electron chi connectivity index (χ0n) is 17.5. The highest BCUT2D eigenvalue weighted by Crippen LogP contribution is 2.37. The second-order valence-electron chi connectivity index (χ2n) is 6.68. The molecule has 10 heteroatoms. The Balaban J connectivity index is 1.69. The minimum absolute atomic E-state index is 0.105. The molecule has 3 aromatic carbocycles. The third-order valence-electron chi connectivity index (χ3n) is 4.35. The van der Waals surface area contributed by atoms with Gasteiger partial charge < -0.3 is 9.47 Å². The van der Waals surface area contributed by atoms with Crippen LogP contribution in [0.1, 0.15) is 28.4 Å². The number of nitro groups is 1. The number of hydrogen-bond donors (Lipinski definition) is 1. The number of hydrogen-bond acceptors (Lipinski definition) is 6. The van der Waals surface area contributed by atoms with Crippen molar-refractivity contribution in [3.63, 3.8) is 0 Å². The SMILES string of the molecule is CCOc1cc(C=NNC(=O)c2ccc([N+](=O)[O-])cc2)cc(Cl)c1OCc1ccc(Cl)cc1. The van der Waals surface area contributed by atoms with Crippen LogP contribution in [0.15, 0.2) is 65.8 Å². The van der Waals surface area contributed by atoms with Gasteiger partial charge in [-0.05, 0) is 54.4 Å². The number of rotatable bonds is 9. The van der Waals surface area contributed by atoms with Gasteiger partial charge in [-0.1, -0.05) is 35.3 Å². The number of non-ortho nitro benzene ring substituents is 1. The normalized spacial score (nSPS) is 10.8. The van der Waals surface area contributed by atoms with Crippen LogP contribution in [-0.2, 0) is 6.61 Å². The fourth-order valence-electron chi connectivity index (χ4n) is 2.77. The summed E-state index contributed by atoms with van der Waals surface area (Å²) in [7, 11) is 0. The average molecular weight is 488 g/mol. The van der Waals surface area contributed by atoms with Crippen LogP contribution in [0.4, 0.5) is 5.69 Å². The van der Waals surface area contributed by atoms with Gasteiger partial charge in [0.2, 0.25) is 0 Å². The molecule has 8 nitrogen and oxygen atoms in total. The van der Waals surface area contributed by atoms with Gasteiger partial charge >= 0.3 is 0 Å². The van der Waals surface area contributed by atoms with Crippen LogP contribution < -0.4 is 14.9 Å². The molecular weight excluding hydrogens is 469 g/mol. The van der Waals surface area contributed by atoms with Crippen molar-refractivity contribution in [2.24, 2.45) is 5.10 Å². The molecule has 0 aromatic heterocycles. The van der Waals surface area contributed by atoms with Crippen molar-refractivity contribution in [1.29, 1.82) is 0 Å². The van der Waals surface area contributed by atoms with E-state index in [1.165, 1.54) is 30.5 Å². The van der Waals surface area contributed by atoms with Gasteiger partial charge in [0, 0.05) is 22.7 Å². The highest BCUT2D eigenvalue weighted by atomic mass is 35.5. The van der Waals surface area contributed by atoms with Gasteiger partial charge in [-0.25, -0.2) is 5.43 Å². The lowest BCUT2D eigenvalue weighted by atomic mass is 10.2. The number of amides is 1. The summed E-state index contributed by atoms with van der Waals surface area (Å²) in [6.07, 6.45) is 1.40. The van der Waals surface area contributed by atoms with E-state index in [1.807, 2.05) is 19.1 Å². The number of benzene rings is 3. The van der Waals surface area contributed by atoms with Crippen molar-refractivity contribution in [3.05, 3.63) is 97.5 Å². The molecule has 0 aliphatic carbocycles. The molecule has 170 valence electrons. The molecule has 0 spiro atoms. The Kier molecular flexibility index (Phi) is 8.23. The largest absolute Gasteiger partial charge is 0.490 e. The van der Waals surface area contributed by atoms with Gasteiger partial charge in [0.1, 0.15) is 6.61 Å².